The molecule has 1 saturated heterocycles. The van der Waals surface area contributed by atoms with Gasteiger partial charge in [0.15, 0.2) is 0 Å². The van der Waals surface area contributed by atoms with Crippen LogP contribution in [0.4, 0.5) is 5.69 Å². The number of benzene rings is 1. The van der Waals surface area contributed by atoms with E-state index in [2.05, 4.69) is 10.9 Å². The van der Waals surface area contributed by atoms with Crippen LogP contribution in [0.25, 0.3) is 0 Å². The van der Waals surface area contributed by atoms with Crippen molar-refractivity contribution >= 4 is 17.3 Å². The number of rotatable bonds is 2. The molecule has 1 aromatic carbocycles. The van der Waals surface area contributed by atoms with E-state index in [0.717, 1.165) is 24.8 Å². The quantitative estimate of drug-likeness (QED) is 0.572. The Morgan fingerprint density at radius 1 is 1.35 bits per heavy atom. The van der Waals surface area contributed by atoms with E-state index in [1.165, 1.54) is 0 Å². The van der Waals surface area contributed by atoms with Crippen molar-refractivity contribution in [3.63, 3.8) is 0 Å². The maximum Gasteiger partial charge on any atom is 0.288 e. The fourth-order valence-corrected chi connectivity index (χ4v) is 3.47. The van der Waals surface area contributed by atoms with Gasteiger partial charge in [-0.2, -0.15) is 0 Å². The van der Waals surface area contributed by atoms with Crippen LogP contribution in [0.2, 0.25) is 5.02 Å². The Labute approximate surface area is 121 Å². The Balaban J connectivity index is 1.89. The molecule has 6 nitrogen and oxygen atoms in total. The fourth-order valence-electron chi connectivity index (χ4n) is 3.28. The zero-order valence-corrected chi connectivity index (χ0v) is 11.6. The van der Waals surface area contributed by atoms with E-state index in [-0.39, 0.29) is 22.8 Å². The van der Waals surface area contributed by atoms with Crippen molar-refractivity contribution in [1.82, 2.24) is 10.9 Å². The van der Waals surface area contributed by atoms with Crippen LogP contribution in [0.15, 0.2) is 18.2 Å². The van der Waals surface area contributed by atoms with Gasteiger partial charge in [0, 0.05) is 18.2 Å². The molecule has 4 N–H and O–H groups in total. The lowest BCUT2D eigenvalue weighted by Gasteiger charge is -2.31. The molecule has 1 saturated carbocycles. The van der Waals surface area contributed by atoms with E-state index in [0.29, 0.717) is 12.0 Å². The number of hydrogen-bond donors (Lipinski definition) is 3. The highest BCUT2D eigenvalue weighted by Crippen LogP contribution is 2.39. The Bertz CT molecular complexity index is 539. The molecule has 1 heterocycles. The average molecular weight is 297 g/mol. The van der Waals surface area contributed by atoms with Gasteiger partial charge in [-0.15, -0.1) is 0 Å². The van der Waals surface area contributed by atoms with Gasteiger partial charge >= 0.3 is 0 Å². The number of nitro groups is 1. The van der Waals surface area contributed by atoms with Gasteiger partial charge in [0.25, 0.3) is 5.69 Å². The SMILES string of the molecule is NC1CCC2NNC(c3ccc(Cl)c([N+](=O)[O-])c3)C2C1. The van der Waals surface area contributed by atoms with Crippen LogP contribution in [-0.4, -0.2) is 17.0 Å². The second kappa shape index (κ2) is 5.29. The molecule has 0 spiro atoms. The van der Waals surface area contributed by atoms with Crippen molar-refractivity contribution in [3.05, 3.63) is 38.9 Å². The van der Waals surface area contributed by atoms with Gasteiger partial charge in [-0.25, -0.2) is 5.43 Å². The van der Waals surface area contributed by atoms with Gasteiger partial charge in [0.2, 0.25) is 0 Å². The number of nitrogens with zero attached hydrogens (tertiary/aromatic N) is 1. The largest absolute Gasteiger partial charge is 0.328 e. The summed E-state index contributed by atoms with van der Waals surface area (Å²) in [6, 6.07) is 5.63. The molecule has 20 heavy (non-hydrogen) atoms. The van der Waals surface area contributed by atoms with Crippen molar-refractivity contribution in [3.8, 4) is 0 Å². The van der Waals surface area contributed by atoms with E-state index >= 15 is 0 Å². The van der Waals surface area contributed by atoms with Crippen LogP contribution in [0.5, 0.6) is 0 Å². The van der Waals surface area contributed by atoms with Crippen molar-refractivity contribution in [1.29, 1.82) is 0 Å². The molecule has 108 valence electrons. The predicted molar refractivity (Wildman–Crippen MR) is 76.2 cm³/mol. The number of halogens is 1. The smallest absolute Gasteiger partial charge is 0.288 e. The molecule has 0 radical (unpaired) electrons. The first-order valence-electron chi connectivity index (χ1n) is 6.76. The molecule has 7 heteroatoms. The van der Waals surface area contributed by atoms with Crippen molar-refractivity contribution in [2.24, 2.45) is 11.7 Å². The third-order valence-corrected chi connectivity index (χ3v) is 4.64. The number of nitrogens with one attached hydrogen (secondary N) is 2. The Morgan fingerprint density at radius 3 is 2.90 bits per heavy atom. The van der Waals surface area contributed by atoms with Gasteiger partial charge in [-0.1, -0.05) is 17.7 Å². The summed E-state index contributed by atoms with van der Waals surface area (Å²) in [6.07, 6.45) is 2.97. The van der Waals surface area contributed by atoms with Gasteiger partial charge in [0.05, 0.1) is 11.0 Å². The Hall–Kier alpha value is -1.21. The maximum absolute atomic E-state index is 11.0. The monoisotopic (exact) mass is 296 g/mol. The van der Waals surface area contributed by atoms with E-state index in [9.17, 15) is 10.1 Å². The third kappa shape index (κ3) is 2.40. The third-order valence-electron chi connectivity index (χ3n) is 4.32. The molecule has 1 aliphatic heterocycles. The number of fused-ring (bicyclic) bond motifs is 1. The molecule has 4 atom stereocenters. The Kier molecular flexibility index (Phi) is 3.64. The maximum atomic E-state index is 11.0. The lowest BCUT2D eigenvalue weighted by molar-refractivity contribution is -0.384. The minimum atomic E-state index is -0.446. The average Bonchev–Trinajstić information content (AvgIpc) is 2.82. The summed E-state index contributed by atoms with van der Waals surface area (Å²) < 4.78 is 0. The highest BCUT2D eigenvalue weighted by atomic mass is 35.5. The van der Waals surface area contributed by atoms with Crippen LogP contribution >= 0.6 is 11.6 Å². The van der Waals surface area contributed by atoms with Gasteiger partial charge < -0.3 is 5.73 Å². The van der Waals surface area contributed by atoms with E-state index < -0.39 is 4.92 Å². The minimum absolute atomic E-state index is 0.0438. The number of nitrogens with two attached hydrogens (primary N) is 1. The second-order valence-electron chi connectivity index (χ2n) is 5.58. The first kappa shape index (κ1) is 13.8. The van der Waals surface area contributed by atoms with Crippen LogP contribution in [0, 0.1) is 16.0 Å². The first-order chi connectivity index (χ1) is 9.56. The Morgan fingerprint density at radius 2 is 2.15 bits per heavy atom. The topological polar surface area (TPSA) is 93.2 Å². The van der Waals surface area contributed by atoms with Crippen LogP contribution < -0.4 is 16.6 Å². The highest BCUT2D eigenvalue weighted by Gasteiger charge is 2.40. The summed E-state index contributed by atoms with van der Waals surface area (Å²) in [7, 11) is 0. The van der Waals surface area contributed by atoms with Crippen LogP contribution in [-0.2, 0) is 0 Å². The van der Waals surface area contributed by atoms with Crippen molar-refractivity contribution in [2.75, 3.05) is 0 Å². The van der Waals surface area contributed by atoms with Crippen molar-refractivity contribution < 1.29 is 4.92 Å². The summed E-state index contributed by atoms with van der Waals surface area (Å²) >= 11 is 5.86. The molecule has 4 unspecified atom stereocenters. The lowest BCUT2D eigenvalue weighted by atomic mass is 9.77. The summed E-state index contributed by atoms with van der Waals surface area (Å²) in [5, 5.41) is 11.2. The number of hydrogen-bond acceptors (Lipinski definition) is 5. The number of hydrazine groups is 1. The molecule has 0 amide bonds. The number of nitro benzene ring substituents is 1. The molecular formula is C13H17ClN4O2. The zero-order valence-electron chi connectivity index (χ0n) is 10.9. The van der Waals surface area contributed by atoms with Crippen LogP contribution in [0.3, 0.4) is 0 Å². The predicted octanol–water partition coefficient (Wildman–Crippen LogP) is 1.89. The lowest BCUT2D eigenvalue weighted by Crippen LogP contribution is -2.39. The summed E-state index contributed by atoms with van der Waals surface area (Å²) in [5.74, 6) is 0.361. The second-order valence-corrected chi connectivity index (χ2v) is 5.98. The molecule has 2 fully saturated rings. The fraction of sp³-hybridized carbons (Fsp3) is 0.538. The summed E-state index contributed by atoms with van der Waals surface area (Å²) in [5.41, 5.74) is 13.4. The molecule has 0 aromatic heterocycles. The van der Waals surface area contributed by atoms with E-state index in [4.69, 9.17) is 17.3 Å². The van der Waals surface area contributed by atoms with Gasteiger partial charge in [-0.05, 0) is 36.8 Å². The van der Waals surface area contributed by atoms with Crippen LogP contribution in [0.1, 0.15) is 30.9 Å². The van der Waals surface area contributed by atoms with Gasteiger partial charge in [0.1, 0.15) is 5.02 Å². The first-order valence-corrected chi connectivity index (χ1v) is 7.14. The summed E-state index contributed by atoms with van der Waals surface area (Å²) in [6.45, 7) is 0. The molecular weight excluding hydrogens is 280 g/mol. The normalized spacial score (nSPS) is 32.9. The minimum Gasteiger partial charge on any atom is -0.328 e. The molecule has 3 rings (SSSR count). The van der Waals surface area contributed by atoms with Crippen molar-refractivity contribution in [2.45, 2.75) is 37.4 Å². The molecule has 2 aliphatic rings. The van der Waals surface area contributed by atoms with E-state index in [1.807, 2.05) is 6.07 Å². The molecule has 0 bridgehead atoms. The highest BCUT2D eigenvalue weighted by molar-refractivity contribution is 6.32. The van der Waals surface area contributed by atoms with Gasteiger partial charge in [-0.3, -0.25) is 15.5 Å². The zero-order chi connectivity index (χ0) is 14.3. The molecule has 1 aliphatic carbocycles. The standard InChI is InChI=1S/C13H17ClN4O2/c14-10-3-1-7(5-12(10)18(19)20)13-9-6-8(15)2-4-11(9)16-17-13/h1,3,5,8-9,11,13,16-17H,2,4,6,15H2. The summed E-state index contributed by atoms with van der Waals surface area (Å²) in [4.78, 5) is 10.5. The van der Waals surface area contributed by atoms with E-state index in [1.54, 1.807) is 12.1 Å². The molecule has 1 aromatic rings.